The van der Waals surface area contributed by atoms with Gasteiger partial charge in [0.25, 0.3) is 0 Å². The minimum atomic E-state index is -0.499. The van der Waals surface area contributed by atoms with E-state index in [4.69, 9.17) is 5.73 Å². The standard InChI is InChI=1S/C23H26N4O/c24-20-18-8-4-5-9-19(18)23(22(20)28)10-12-27(13-11-23)15-17-14-25-26-21(17)16-6-2-1-3-7-16/h1-9,14,20,22,28H,10-13,15,24H2,(H,25,26)/t20-,22+/m1/s1. The van der Waals surface area contributed by atoms with Crippen molar-refractivity contribution in [3.8, 4) is 11.3 Å². The molecule has 5 rings (SSSR count). The van der Waals surface area contributed by atoms with Crippen LogP contribution in [0, 0.1) is 0 Å². The third-order valence-corrected chi connectivity index (χ3v) is 6.69. The van der Waals surface area contributed by atoms with Gasteiger partial charge in [-0.3, -0.25) is 10.00 Å². The second-order valence-electron chi connectivity index (χ2n) is 8.13. The van der Waals surface area contributed by atoms with Gasteiger partial charge in [0.05, 0.1) is 24.0 Å². The van der Waals surface area contributed by atoms with Crippen LogP contribution in [0.1, 0.15) is 35.6 Å². The van der Waals surface area contributed by atoms with E-state index >= 15 is 0 Å². The molecule has 0 unspecified atom stereocenters. The van der Waals surface area contributed by atoms with E-state index in [1.807, 2.05) is 30.5 Å². The summed E-state index contributed by atoms with van der Waals surface area (Å²) in [6.45, 7) is 2.75. The molecule has 28 heavy (non-hydrogen) atoms. The number of nitrogens with two attached hydrogens (primary N) is 1. The molecule has 144 valence electrons. The summed E-state index contributed by atoms with van der Waals surface area (Å²) in [7, 11) is 0. The second kappa shape index (κ2) is 6.85. The molecule has 3 aromatic rings. The summed E-state index contributed by atoms with van der Waals surface area (Å²) in [6.07, 6.45) is 3.29. The molecule has 1 saturated heterocycles. The summed E-state index contributed by atoms with van der Waals surface area (Å²) in [5.74, 6) is 0. The predicted octanol–water partition coefficient (Wildman–Crippen LogP) is 2.98. The van der Waals surface area contributed by atoms with Crippen LogP contribution in [0.25, 0.3) is 11.3 Å². The molecule has 2 aliphatic rings. The Morgan fingerprint density at radius 1 is 1.07 bits per heavy atom. The molecule has 2 aromatic carbocycles. The highest BCUT2D eigenvalue weighted by molar-refractivity contribution is 5.62. The van der Waals surface area contributed by atoms with Gasteiger partial charge in [-0.05, 0) is 42.6 Å². The van der Waals surface area contributed by atoms with E-state index in [2.05, 4.69) is 45.4 Å². The minimum Gasteiger partial charge on any atom is -0.390 e. The zero-order valence-corrected chi connectivity index (χ0v) is 15.9. The Morgan fingerprint density at radius 3 is 2.57 bits per heavy atom. The quantitative estimate of drug-likeness (QED) is 0.659. The van der Waals surface area contributed by atoms with E-state index in [9.17, 15) is 5.11 Å². The summed E-state index contributed by atoms with van der Waals surface area (Å²) in [6, 6.07) is 18.4. The summed E-state index contributed by atoms with van der Waals surface area (Å²) in [4.78, 5) is 2.46. The van der Waals surface area contributed by atoms with Gasteiger partial charge in [-0.2, -0.15) is 5.10 Å². The highest BCUT2D eigenvalue weighted by atomic mass is 16.3. The maximum atomic E-state index is 11.0. The molecule has 5 nitrogen and oxygen atoms in total. The number of aromatic nitrogens is 2. The van der Waals surface area contributed by atoms with Gasteiger partial charge in [-0.25, -0.2) is 0 Å². The summed E-state index contributed by atoms with van der Waals surface area (Å²) < 4.78 is 0. The number of aromatic amines is 1. The van der Waals surface area contributed by atoms with Gasteiger partial charge in [-0.1, -0.05) is 54.6 Å². The number of aliphatic hydroxyl groups excluding tert-OH is 1. The Balaban J connectivity index is 1.34. The van der Waals surface area contributed by atoms with Gasteiger partial charge in [0.1, 0.15) is 0 Å². The van der Waals surface area contributed by atoms with Crippen molar-refractivity contribution < 1.29 is 5.11 Å². The van der Waals surface area contributed by atoms with Crippen molar-refractivity contribution in [2.24, 2.45) is 5.73 Å². The molecule has 1 spiro atoms. The zero-order valence-electron chi connectivity index (χ0n) is 15.9. The molecule has 1 fully saturated rings. The molecule has 1 aromatic heterocycles. The average Bonchev–Trinajstić information content (AvgIpc) is 3.29. The van der Waals surface area contributed by atoms with Crippen LogP contribution in [0.4, 0.5) is 0 Å². The lowest BCUT2D eigenvalue weighted by Crippen LogP contribution is -2.48. The van der Waals surface area contributed by atoms with Gasteiger partial charge in [0.2, 0.25) is 0 Å². The van der Waals surface area contributed by atoms with Crippen LogP contribution in [0.15, 0.2) is 60.8 Å². The van der Waals surface area contributed by atoms with Crippen molar-refractivity contribution in [1.29, 1.82) is 0 Å². The maximum absolute atomic E-state index is 11.0. The number of fused-ring (bicyclic) bond motifs is 2. The molecule has 4 N–H and O–H groups in total. The Kier molecular flexibility index (Phi) is 4.31. The zero-order chi connectivity index (χ0) is 19.1. The molecular formula is C23H26N4O. The van der Waals surface area contributed by atoms with E-state index in [1.54, 1.807) is 0 Å². The maximum Gasteiger partial charge on any atom is 0.0830 e. The highest BCUT2D eigenvalue weighted by Gasteiger charge is 2.51. The van der Waals surface area contributed by atoms with E-state index in [0.717, 1.165) is 49.3 Å². The number of nitrogens with one attached hydrogen (secondary N) is 1. The average molecular weight is 374 g/mol. The SMILES string of the molecule is N[C@@H]1c2ccccc2C2(CCN(Cc3cn[nH]c3-c3ccccc3)CC2)[C@H]1O. The highest BCUT2D eigenvalue weighted by Crippen LogP contribution is 2.50. The number of piperidine rings is 1. The molecular weight excluding hydrogens is 348 g/mol. The van der Waals surface area contributed by atoms with Crippen LogP contribution in [-0.2, 0) is 12.0 Å². The molecule has 2 heterocycles. The molecule has 0 saturated carbocycles. The van der Waals surface area contributed by atoms with Crippen molar-refractivity contribution in [2.75, 3.05) is 13.1 Å². The molecule has 1 aliphatic carbocycles. The molecule has 5 heteroatoms. The third kappa shape index (κ3) is 2.70. The van der Waals surface area contributed by atoms with Gasteiger partial charge in [0.15, 0.2) is 0 Å². The fourth-order valence-corrected chi connectivity index (χ4v) is 5.12. The lowest BCUT2D eigenvalue weighted by molar-refractivity contribution is 0.0271. The van der Waals surface area contributed by atoms with Gasteiger partial charge in [0, 0.05) is 17.5 Å². The first-order chi connectivity index (χ1) is 13.7. The largest absolute Gasteiger partial charge is 0.390 e. The number of hydrogen-bond acceptors (Lipinski definition) is 4. The van der Waals surface area contributed by atoms with Crippen LogP contribution in [0.5, 0.6) is 0 Å². The van der Waals surface area contributed by atoms with E-state index in [1.165, 1.54) is 11.1 Å². The molecule has 0 amide bonds. The monoisotopic (exact) mass is 374 g/mol. The fourth-order valence-electron chi connectivity index (χ4n) is 5.12. The first kappa shape index (κ1) is 17.6. The minimum absolute atomic E-state index is 0.203. The van der Waals surface area contributed by atoms with Gasteiger partial charge < -0.3 is 10.8 Å². The van der Waals surface area contributed by atoms with Crippen LogP contribution in [-0.4, -0.2) is 39.4 Å². The predicted molar refractivity (Wildman–Crippen MR) is 110 cm³/mol. The lowest BCUT2D eigenvalue weighted by Gasteiger charge is -2.42. The topological polar surface area (TPSA) is 78.2 Å². The van der Waals surface area contributed by atoms with Gasteiger partial charge in [-0.15, -0.1) is 0 Å². The summed E-state index contributed by atoms with van der Waals surface area (Å²) >= 11 is 0. The first-order valence-electron chi connectivity index (χ1n) is 10.0. The van der Waals surface area contributed by atoms with Crippen LogP contribution in [0.3, 0.4) is 0 Å². The fraction of sp³-hybridized carbons (Fsp3) is 0.348. The van der Waals surface area contributed by atoms with Crippen LogP contribution >= 0.6 is 0 Å². The number of benzene rings is 2. The number of nitrogens with zero attached hydrogens (tertiary/aromatic N) is 2. The first-order valence-corrected chi connectivity index (χ1v) is 10.0. The molecule has 0 bridgehead atoms. The van der Waals surface area contributed by atoms with Crippen LogP contribution < -0.4 is 5.73 Å². The Labute approximate surface area is 165 Å². The van der Waals surface area contributed by atoms with Crippen molar-refractivity contribution in [3.63, 3.8) is 0 Å². The van der Waals surface area contributed by atoms with E-state index in [0.29, 0.717) is 0 Å². The summed E-state index contributed by atoms with van der Waals surface area (Å²) in [5.41, 5.74) is 12.0. The van der Waals surface area contributed by atoms with Crippen molar-refractivity contribution in [2.45, 2.75) is 36.9 Å². The molecule has 2 atom stereocenters. The number of aliphatic hydroxyl groups is 1. The summed E-state index contributed by atoms with van der Waals surface area (Å²) in [5, 5.41) is 18.4. The number of H-pyrrole nitrogens is 1. The van der Waals surface area contributed by atoms with Crippen molar-refractivity contribution in [1.82, 2.24) is 15.1 Å². The van der Waals surface area contributed by atoms with Crippen molar-refractivity contribution in [3.05, 3.63) is 77.5 Å². The van der Waals surface area contributed by atoms with Crippen LogP contribution in [0.2, 0.25) is 0 Å². The Morgan fingerprint density at radius 2 is 1.79 bits per heavy atom. The van der Waals surface area contributed by atoms with Gasteiger partial charge >= 0.3 is 0 Å². The second-order valence-corrected chi connectivity index (χ2v) is 8.13. The molecule has 0 radical (unpaired) electrons. The normalized spacial score (nSPS) is 23.8. The number of rotatable bonds is 3. The Hall–Kier alpha value is -2.47. The number of likely N-dealkylation sites (tertiary alicyclic amines) is 1. The third-order valence-electron chi connectivity index (χ3n) is 6.69. The molecule has 1 aliphatic heterocycles. The number of hydrogen-bond donors (Lipinski definition) is 3. The smallest absolute Gasteiger partial charge is 0.0830 e. The van der Waals surface area contributed by atoms with Crippen molar-refractivity contribution >= 4 is 0 Å². The Bertz CT molecular complexity index is 959. The lowest BCUT2D eigenvalue weighted by atomic mass is 9.72. The van der Waals surface area contributed by atoms with E-state index < -0.39 is 6.10 Å². The van der Waals surface area contributed by atoms with E-state index in [-0.39, 0.29) is 11.5 Å².